The molecule has 0 radical (unpaired) electrons. The van der Waals surface area contributed by atoms with Crippen molar-refractivity contribution in [2.45, 2.75) is 43.4 Å². The Morgan fingerprint density at radius 2 is 2.09 bits per heavy atom. The van der Waals surface area contributed by atoms with Crippen LogP contribution in [-0.4, -0.2) is 44.3 Å². The average Bonchev–Trinajstić information content (AvgIpc) is 2.96. The van der Waals surface area contributed by atoms with E-state index in [-0.39, 0.29) is 11.9 Å². The predicted octanol–water partition coefficient (Wildman–Crippen LogP) is 1.17. The van der Waals surface area contributed by atoms with Crippen molar-refractivity contribution < 1.29 is 13.2 Å². The van der Waals surface area contributed by atoms with Gasteiger partial charge in [0, 0.05) is 37.5 Å². The fourth-order valence-electron chi connectivity index (χ4n) is 2.76. The average molecular weight is 360 g/mol. The maximum Gasteiger partial charge on any atom is 0.252 e. The quantitative estimate of drug-likeness (QED) is 0.797. The molecule has 1 aromatic rings. The fraction of sp³-hybridized carbons (Fsp3) is 0.667. The molecule has 8 heteroatoms. The van der Waals surface area contributed by atoms with E-state index >= 15 is 0 Å². The lowest BCUT2D eigenvalue weighted by Gasteiger charge is -2.32. The molecule has 0 bridgehead atoms. The molecule has 130 valence electrons. The highest BCUT2D eigenvalue weighted by molar-refractivity contribution is 7.91. The van der Waals surface area contributed by atoms with Crippen molar-refractivity contribution in [3.63, 3.8) is 0 Å². The molecular formula is C15H25N3O3S2. The van der Waals surface area contributed by atoms with Crippen molar-refractivity contribution in [2.24, 2.45) is 11.7 Å². The van der Waals surface area contributed by atoms with Gasteiger partial charge in [-0.25, -0.2) is 8.42 Å². The van der Waals surface area contributed by atoms with Crippen LogP contribution in [0.3, 0.4) is 0 Å². The molecule has 1 atom stereocenters. The normalized spacial score (nSPS) is 18.7. The van der Waals surface area contributed by atoms with Crippen LogP contribution in [0.5, 0.6) is 0 Å². The second-order valence-electron chi connectivity index (χ2n) is 6.05. The molecule has 3 N–H and O–H groups in total. The molecule has 2 rings (SSSR count). The highest BCUT2D eigenvalue weighted by atomic mass is 32.2. The van der Waals surface area contributed by atoms with Crippen molar-refractivity contribution in [1.82, 2.24) is 9.62 Å². The molecule has 1 fully saturated rings. The smallest absolute Gasteiger partial charge is 0.252 e. The van der Waals surface area contributed by atoms with Gasteiger partial charge in [0.05, 0.1) is 0 Å². The summed E-state index contributed by atoms with van der Waals surface area (Å²) in [4.78, 5) is 11.8. The van der Waals surface area contributed by atoms with Crippen LogP contribution in [0.15, 0.2) is 16.3 Å². The molecule has 2 heterocycles. The number of nitrogens with zero attached hydrogens (tertiary/aromatic N) is 1. The molecule has 1 aromatic heterocycles. The summed E-state index contributed by atoms with van der Waals surface area (Å²) in [5.41, 5.74) is 5.91. The minimum absolute atomic E-state index is 0.0774. The van der Waals surface area contributed by atoms with E-state index in [1.165, 1.54) is 18.3 Å². The van der Waals surface area contributed by atoms with Crippen molar-refractivity contribution in [2.75, 3.05) is 19.6 Å². The summed E-state index contributed by atoms with van der Waals surface area (Å²) in [6.45, 7) is 5.04. The summed E-state index contributed by atoms with van der Waals surface area (Å²) < 4.78 is 27.3. The minimum atomic E-state index is -3.41. The van der Waals surface area contributed by atoms with Gasteiger partial charge in [-0.15, -0.1) is 11.3 Å². The topological polar surface area (TPSA) is 92.5 Å². The zero-order valence-corrected chi connectivity index (χ0v) is 15.3. The van der Waals surface area contributed by atoms with E-state index in [1.54, 1.807) is 10.4 Å². The largest absolute Gasteiger partial charge is 0.356 e. The Bertz CT molecular complexity index is 632. The Morgan fingerprint density at radius 1 is 1.43 bits per heavy atom. The highest BCUT2D eigenvalue weighted by Crippen LogP contribution is 2.29. The zero-order chi connectivity index (χ0) is 17.0. The summed E-state index contributed by atoms with van der Waals surface area (Å²) in [6, 6.07) is 3.61. The number of nitrogens with two attached hydrogens (primary N) is 1. The molecule has 1 aliphatic rings. The lowest BCUT2D eigenvalue weighted by atomic mass is 9.92. The Kier molecular flexibility index (Phi) is 6.19. The maximum atomic E-state index is 12.7. The van der Waals surface area contributed by atoms with Gasteiger partial charge in [0.2, 0.25) is 5.91 Å². The number of rotatable bonds is 6. The third-order valence-electron chi connectivity index (χ3n) is 4.22. The van der Waals surface area contributed by atoms with Crippen molar-refractivity contribution in [1.29, 1.82) is 0 Å². The number of nitrogens with one attached hydrogen (secondary N) is 1. The number of carbonyl (C=O) groups is 1. The molecular weight excluding hydrogens is 334 g/mol. The van der Waals surface area contributed by atoms with Crippen molar-refractivity contribution >= 4 is 27.3 Å². The molecule has 23 heavy (non-hydrogen) atoms. The van der Waals surface area contributed by atoms with Gasteiger partial charge < -0.3 is 11.1 Å². The van der Waals surface area contributed by atoms with Crippen LogP contribution in [0.1, 0.15) is 31.6 Å². The molecule has 1 saturated heterocycles. The third kappa shape index (κ3) is 4.76. The minimum Gasteiger partial charge on any atom is -0.356 e. The van der Waals surface area contributed by atoms with Gasteiger partial charge in [-0.2, -0.15) is 4.31 Å². The van der Waals surface area contributed by atoms with Gasteiger partial charge in [0.15, 0.2) is 0 Å². The van der Waals surface area contributed by atoms with Crippen molar-refractivity contribution in [3.8, 4) is 0 Å². The summed E-state index contributed by atoms with van der Waals surface area (Å²) >= 11 is 1.29. The molecule has 0 aromatic carbocycles. The van der Waals surface area contributed by atoms with Gasteiger partial charge in [-0.05, 0) is 44.2 Å². The van der Waals surface area contributed by atoms with E-state index in [9.17, 15) is 13.2 Å². The van der Waals surface area contributed by atoms with E-state index in [0.717, 1.165) is 17.7 Å². The standard InChI is InChI=1S/C15H25N3O3S2/c1-11(16)13-6-9-18(10-7-13)23(20,21)15-4-3-14(22-15)5-8-17-12(2)19/h3-4,11,13H,5-10,16H2,1-2H3,(H,17,19). The van der Waals surface area contributed by atoms with Crippen LogP contribution in [0.2, 0.25) is 0 Å². The number of piperidine rings is 1. The molecule has 0 spiro atoms. The molecule has 0 aliphatic carbocycles. The van der Waals surface area contributed by atoms with Gasteiger partial charge in [0.1, 0.15) is 4.21 Å². The maximum absolute atomic E-state index is 12.7. The van der Waals surface area contributed by atoms with Gasteiger partial charge >= 0.3 is 0 Å². The van der Waals surface area contributed by atoms with Crippen LogP contribution < -0.4 is 11.1 Å². The van der Waals surface area contributed by atoms with Crippen LogP contribution in [0.4, 0.5) is 0 Å². The second kappa shape index (κ2) is 7.74. The van der Waals surface area contributed by atoms with Crippen LogP contribution in [0.25, 0.3) is 0 Å². The number of thiophene rings is 1. The highest BCUT2D eigenvalue weighted by Gasteiger charge is 2.31. The second-order valence-corrected chi connectivity index (χ2v) is 9.39. The van der Waals surface area contributed by atoms with E-state index < -0.39 is 10.0 Å². The van der Waals surface area contributed by atoms with Gasteiger partial charge in [-0.1, -0.05) is 0 Å². The van der Waals surface area contributed by atoms with Crippen molar-refractivity contribution in [3.05, 3.63) is 17.0 Å². The van der Waals surface area contributed by atoms with Crippen LogP contribution >= 0.6 is 11.3 Å². The first-order valence-electron chi connectivity index (χ1n) is 7.89. The molecule has 0 saturated carbocycles. The Hall–Kier alpha value is -0.960. The lowest BCUT2D eigenvalue weighted by molar-refractivity contribution is -0.118. The van der Waals surface area contributed by atoms with Crippen LogP contribution in [0, 0.1) is 5.92 Å². The molecule has 1 aliphatic heterocycles. The molecule has 6 nitrogen and oxygen atoms in total. The third-order valence-corrected chi connectivity index (χ3v) is 7.73. The Labute approximate surface area is 142 Å². The van der Waals surface area contributed by atoms with Crippen LogP contribution in [-0.2, 0) is 21.2 Å². The zero-order valence-electron chi connectivity index (χ0n) is 13.6. The number of hydrogen-bond acceptors (Lipinski definition) is 5. The first kappa shape index (κ1) is 18.4. The Morgan fingerprint density at radius 3 is 2.65 bits per heavy atom. The number of sulfonamides is 1. The summed E-state index contributed by atoms with van der Waals surface area (Å²) in [7, 11) is -3.41. The van der Waals surface area contributed by atoms with E-state index in [1.807, 2.05) is 13.0 Å². The number of carbonyl (C=O) groups excluding carboxylic acids is 1. The summed E-state index contributed by atoms with van der Waals surface area (Å²) in [5.74, 6) is 0.324. The SMILES string of the molecule is CC(=O)NCCc1ccc(S(=O)(=O)N2CCC(C(C)N)CC2)s1. The lowest BCUT2D eigenvalue weighted by Crippen LogP contribution is -2.42. The monoisotopic (exact) mass is 359 g/mol. The first-order chi connectivity index (χ1) is 10.8. The molecule has 1 amide bonds. The van der Waals surface area contributed by atoms with Gasteiger partial charge in [0.25, 0.3) is 10.0 Å². The predicted molar refractivity (Wildman–Crippen MR) is 91.8 cm³/mol. The van der Waals surface area contributed by atoms with E-state index in [2.05, 4.69) is 5.32 Å². The molecule has 1 unspecified atom stereocenters. The summed E-state index contributed by atoms with van der Waals surface area (Å²) in [6.07, 6.45) is 2.28. The van der Waals surface area contributed by atoms with E-state index in [0.29, 0.717) is 36.2 Å². The Balaban J connectivity index is 1.97. The number of hydrogen-bond donors (Lipinski definition) is 2. The number of amides is 1. The first-order valence-corrected chi connectivity index (χ1v) is 10.1. The van der Waals surface area contributed by atoms with E-state index in [4.69, 9.17) is 5.73 Å². The summed E-state index contributed by atoms with van der Waals surface area (Å²) in [5, 5.41) is 2.72. The fourth-order valence-corrected chi connectivity index (χ4v) is 5.74. The van der Waals surface area contributed by atoms with Gasteiger partial charge in [-0.3, -0.25) is 4.79 Å².